The molecule has 1 heterocycles. The van der Waals surface area contributed by atoms with E-state index in [1.54, 1.807) is 6.20 Å². The highest BCUT2D eigenvalue weighted by Crippen LogP contribution is 2.39. The molecule has 72 valence electrons. The van der Waals surface area contributed by atoms with Crippen LogP contribution in [0.25, 0.3) is 0 Å². The smallest absolute Gasteiger partial charge is 0.177 e. The first-order valence-electron chi connectivity index (χ1n) is 4.60. The molecule has 0 spiro atoms. The van der Waals surface area contributed by atoms with E-state index < -0.39 is 0 Å². The summed E-state index contributed by atoms with van der Waals surface area (Å²) in [6, 6.07) is 0. The Morgan fingerprint density at radius 1 is 1.77 bits per heavy atom. The normalized spacial score (nSPS) is 26.3. The van der Waals surface area contributed by atoms with Gasteiger partial charge in [-0.1, -0.05) is 6.92 Å². The van der Waals surface area contributed by atoms with Gasteiger partial charge in [0.05, 0.1) is 12.3 Å². The Hall–Kier alpha value is -0.610. The monoisotopic (exact) mass is 198 g/mol. The van der Waals surface area contributed by atoms with E-state index in [2.05, 4.69) is 11.9 Å². The first kappa shape index (κ1) is 8.97. The number of imidazole rings is 1. The van der Waals surface area contributed by atoms with Crippen LogP contribution in [0.2, 0.25) is 0 Å². The van der Waals surface area contributed by atoms with Gasteiger partial charge in [-0.05, 0) is 30.5 Å². The zero-order chi connectivity index (χ0) is 9.42. The van der Waals surface area contributed by atoms with Gasteiger partial charge < -0.3 is 14.7 Å². The highest BCUT2D eigenvalue weighted by atomic mass is 32.1. The summed E-state index contributed by atoms with van der Waals surface area (Å²) in [7, 11) is 0. The summed E-state index contributed by atoms with van der Waals surface area (Å²) in [6.45, 7) is 3.27. The van der Waals surface area contributed by atoms with Crippen molar-refractivity contribution >= 4 is 12.2 Å². The second-order valence-electron chi connectivity index (χ2n) is 3.83. The third-order valence-electron chi connectivity index (χ3n) is 2.81. The molecule has 2 atom stereocenters. The fourth-order valence-corrected chi connectivity index (χ4v) is 1.90. The van der Waals surface area contributed by atoms with Crippen molar-refractivity contribution in [1.82, 2.24) is 9.55 Å². The molecule has 13 heavy (non-hydrogen) atoms. The molecule has 1 aromatic rings. The van der Waals surface area contributed by atoms with Crippen LogP contribution in [-0.4, -0.2) is 14.7 Å². The minimum absolute atomic E-state index is 0.0637. The molecule has 2 rings (SSSR count). The molecule has 0 aliphatic heterocycles. The molecule has 0 amide bonds. The van der Waals surface area contributed by atoms with Crippen LogP contribution in [-0.2, 0) is 13.2 Å². The molecule has 0 aromatic carbocycles. The van der Waals surface area contributed by atoms with Crippen LogP contribution in [0.1, 0.15) is 19.0 Å². The van der Waals surface area contributed by atoms with E-state index in [4.69, 9.17) is 17.3 Å². The fraction of sp³-hybridized carbons (Fsp3) is 0.667. The molecule has 1 saturated carbocycles. The number of aliphatic hydroxyl groups is 1. The molecular weight excluding hydrogens is 184 g/mol. The summed E-state index contributed by atoms with van der Waals surface area (Å²) in [5.41, 5.74) is 0.893. The van der Waals surface area contributed by atoms with Gasteiger partial charge in [0.2, 0.25) is 0 Å². The molecule has 4 heteroatoms. The van der Waals surface area contributed by atoms with Gasteiger partial charge in [-0.3, -0.25) is 0 Å². The van der Waals surface area contributed by atoms with Crippen LogP contribution in [0.5, 0.6) is 0 Å². The molecule has 1 fully saturated rings. The van der Waals surface area contributed by atoms with Gasteiger partial charge in [0.15, 0.2) is 4.77 Å². The summed E-state index contributed by atoms with van der Waals surface area (Å²) < 4.78 is 2.73. The largest absolute Gasteiger partial charge is 0.390 e. The van der Waals surface area contributed by atoms with Gasteiger partial charge in [-0.25, -0.2) is 0 Å². The minimum Gasteiger partial charge on any atom is -0.390 e. The maximum Gasteiger partial charge on any atom is 0.177 e. The van der Waals surface area contributed by atoms with Gasteiger partial charge in [0.25, 0.3) is 0 Å². The first-order chi connectivity index (χ1) is 6.22. The second-order valence-corrected chi connectivity index (χ2v) is 4.21. The SMILES string of the molecule is CC1CC1Cn1c(CO)c[nH]c1=S. The van der Waals surface area contributed by atoms with Gasteiger partial charge >= 0.3 is 0 Å². The Kier molecular flexibility index (Phi) is 2.26. The lowest BCUT2D eigenvalue weighted by molar-refractivity contribution is 0.269. The molecular formula is C9H14N2OS. The molecule has 2 unspecified atom stereocenters. The number of hydrogen-bond acceptors (Lipinski definition) is 2. The van der Waals surface area contributed by atoms with E-state index in [1.807, 2.05) is 4.57 Å². The summed E-state index contributed by atoms with van der Waals surface area (Å²) in [5.74, 6) is 1.58. The molecule has 2 N–H and O–H groups in total. The van der Waals surface area contributed by atoms with E-state index in [9.17, 15) is 0 Å². The Morgan fingerprint density at radius 2 is 2.46 bits per heavy atom. The van der Waals surface area contributed by atoms with E-state index in [0.717, 1.165) is 28.8 Å². The topological polar surface area (TPSA) is 41.0 Å². The Morgan fingerprint density at radius 3 is 3.00 bits per heavy atom. The highest BCUT2D eigenvalue weighted by Gasteiger charge is 2.33. The number of H-pyrrole nitrogens is 1. The van der Waals surface area contributed by atoms with E-state index in [1.165, 1.54) is 6.42 Å². The maximum atomic E-state index is 9.04. The number of rotatable bonds is 3. The highest BCUT2D eigenvalue weighted by molar-refractivity contribution is 7.71. The Balaban J connectivity index is 2.17. The van der Waals surface area contributed by atoms with Crippen LogP contribution in [0.4, 0.5) is 0 Å². The molecule has 1 aliphatic rings. The van der Waals surface area contributed by atoms with Crippen molar-refractivity contribution in [3.63, 3.8) is 0 Å². The number of aromatic nitrogens is 2. The molecule has 3 nitrogen and oxygen atoms in total. The lowest BCUT2D eigenvalue weighted by Gasteiger charge is -2.04. The predicted octanol–water partition coefficient (Wildman–Crippen LogP) is 1.69. The number of nitrogens with one attached hydrogen (secondary N) is 1. The predicted molar refractivity (Wildman–Crippen MR) is 52.8 cm³/mol. The lowest BCUT2D eigenvalue weighted by Crippen LogP contribution is -2.05. The van der Waals surface area contributed by atoms with Crippen molar-refractivity contribution in [2.75, 3.05) is 0 Å². The molecule has 1 aromatic heterocycles. The summed E-state index contributed by atoms with van der Waals surface area (Å²) in [6.07, 6.45) is 3.08. The maximum absolute atomic E-state index is 9.04. The van der Waals surface area contributed by atoms with Crippen molar-refractivity contribution in [3.05, 3.63) is 16.7 Å². The summed E-state index contributed by atoms with van der Waals surface area (Å²) in [4.78, 5) is 2.95. The zero-order valence-corrected chi connectivity index (χ0v) is 8.47. The van der Waals surface area contributed by atoms with Crippen LogP contribution >= 0.6 is 12.2 Å². The average Bonchev–Trinajstić information content (AvgIpc) is 2.68. The first-order valence-corrected chi connectivity index (χ1v) is 5.01. The molecule has 0 bridgehead atoms. The Labute approximate surface area is 82.4 Å². The number of hydrogen-bond donors (Lipinski definition) is 2. The zero-order valence-electron chi connectivity index (χ0n) is 7.66. The number of aromatic amines is 1. The van der Waals surface area contributed by atoms with E-state index in [0.29, 0.717) is 0 Å². The second kappa shape index (κ2) is 3.27. The minimum atomic E-state index is 0.0637. The lowest BCUT2D eigenvalue weighted by atomic mass is 10.3. The van der Waals surface area contributed by atoms with Crippen LogP contribution in [0.3, 0.4) is 0 Å². The summed E-state index contributed by atoms with van der Waals surface area (Å²) >= 11 is 5.12. The Bertz CT molecular complexity index is 355. The third kappa shape index (κ3) is 1.69. The third-order valence-corrected chi connectivity index (χ3v) is 3.15. The molecule has 0 saturated heterocycles. The van der Waals surface area contributed by atoms with Gasteiger partial charge in [-0.2, -0.15) is 0 Å². The van der Waals surface area contributed by atoms with Gasteiger partial charge in [0, 0.05) is 12.7 Å². The van der Waals surface area contributed by atoms with Crippen molar-refractivity contribution < 1.29 is 5.11 Å². The summed E-state index contributed by atoms with van der Waals surface area (Å²) in [5, 5.41) is 9.04. The quantitative estimate of drug-likeness (QED) is 0.726. The molecule has 1 aliphatic carbocycles. The van der Waals surface area contributed by atoms with Crippen molar-refractivity contribution in [1.29, 1.82) is 0 Å². The van der Waals surface area contributed by atoms with Gasteiger partial charge in [-0.15, -0.1) is 0 Å². The molecule has 0 radical (unpaired) electrons. The van der Waals surface area contributed by atoms with Crippen molar-refractivity contribution in [3.8, 4) is 0 Å². The number of nitrogens with zero attached hydrogens (tertiary/aromatic N) is 1. The van der Waals surface area contributed by atoms with E-state index in [-0.39, 0.29) is 6.61 Å². The number of aliphatic hydroxyl groups excluding tert-OH is 1. The van der Waals surface area contributed by atoms with Crippen molar-refractivity contribution in [2.45, 2.75) is 26.5 Å². The van der Waals surface area contributed by atoms with Gasteiger partial charge in [0.1, 0.15) is 0 Å². The van der Waals surface area contributed by atoms with Crippen LogP contribution < -0.4 is 0 Å². The fourth-order valence-electron chi connectivity index (χ4n) is 1.65. The van der Waals surface area contributed by atoms with Crippen LogP contribution in [0, 0.1) is 16.6 Å². The van der Waals surface area contributed by atoms with Crippen molar-refractivity contribution in [2.24, 2.45) is 11.8 Å². The average molecular weight is 198 g/mol. The van der Waals surface area contributed by atoms with E-state index >= 15 is 0 Å². The standard InChI is InChI=1S/C9H14N2OS/c1-6-2-7(6)4-11-8(5-12)3-10-9(11)13/h3,6-7,12H,2,4-5H2,1H3,(H,10,13). The van der Waals surface area contributed by atoms with Crippen LogP contribution in [0.15, 0.2) is 6.20 Å².